The normalized spacial score (nSPS) is 15.7. The van der Waals surface area contributed by atoms with Crippen molar-refractivity contribution in [2.75, 3.05) is 24.5 Å². The van der Waals surface area contributed by atoms with Gasteiger partial charge >= 0.3 is 0 Å². The molecule has 10 heteroatoms. The third-order valence-electron chi connectivity index (χ3n) is 7.32. The average Bonchev–Trinajstić information content (AvgIpc) is 3.36. The molecule has 0 unspecified atom stereocenters. The van der Waals surface area contributed by atoms with Gasteiger partial charge in [-0.05, 0) is 37.6 Å². The molecule has 3 aromatic carbocycles. The van der Waals surface area contributed by atoms with Crippen molar-refractivity contribution in [3.63, 3.8) is 0 Å². The Balaban J connectivity index is 1.34. The summed E-state index contributed by atoms with van der Waals surface area (Å²) in [5.41, 5.74) is 3.51. The minimum Gasteiger partial charge on any atom is -0.338 e. The molecule has 6 rings (SSSR count). The molecule has 5 aromatic rings. The molecule has 1 aliphatic rings. The first-order valence-electron chi connectivity index (χ1n) is 12.9. The van der Waals surface area contributed by atoms with Gasteiger partial charge in [-0.25, -0.2) is 9.38 Å². The standard InChI is InChI=1S/C29H27N7O3/c1-19-12-13-22(17-25(19)36(38)39)28(37)34-15-14-33(18-20(34)2)29-30-24-11-7-6-10-23(24)27-32-31-26(35(27)29)16-21-8-4-3-5-9-21/h3-13,17,20H,14-16,18H2,1-2H3/t20-/m0/s1. The average molecular weight is 522 g/mol. The topological polar surface area (TPSA) is 110 Å². The van der Waals surface area contributed by atoms with E-state index in [0.29, 0.717) is 37.2 Å². The Labute approximate surface area is 224 Å². The second-order valence-corrected chi connectivity index (χ2v) is 9.92. The smallest absolute Gasteiger partial charge is 0.273 e. The fraction of sp³-hybridized carbons (Fsp3) is 0.241. The summed E-state index contributed by atoms with van der Waals surface area (Å²) >= 11 is 0. The third kappa shape index (κ3) is 4.43. The monoisotopic (exact) mass is 521 g/mol. The minimum absolute atomic E-state index is 0.0477. The number of carbonyl (C=O) groups excluding carboxylic acids is 1. The maximum Gasteiger partial charge on any atom is 0.273 e. The van der Waals surface area contributed by atoms with Gasteiger partial charge in [0.2, 0.25) is 5.95 Å². The summed E-state index contributed by atoms with van der Waals surface area (Å²) in [5.74, 6) is 1.32. The second kappa shape index (κ2) is 9.79. The van der Waals surface area contributed by atoms with Crippen molar-refractivity contribution >= 4 is 34.1 Å². The fourth-order valence-corrected chi connectivity index (χ4v) is 5.27. The number of aryl methyl sites for hydroxylation is 1. The number of para-hydroxylation sites is 1. The lowest BCUT2D eigenvalue weighted by atomic mass is 10.1. The number of nitro groups is 1. The van der Waals surface area contributed by atoms with E-state index in [2.05, 4.69) is 27.2 Å². The molecule has 1 saturated heterocycles. The quantitative estimate of drug-likeness (QED) is 0.248. The predicted molar refractivity (Wildman–Crippen MR) is 148 cm³/mol. The molecule has 1 fully saturated rings. The molecule has 1 amide bonds. The molecular formula is C29H27N7O3. The van der Waals surface area contributed by atoms with Crippen LogP contribution in [0.2, 0.25) is 0 Å². The highest BCUT2D eigenvalue weighted by atomic mass is 16.6. The first kappa shape index (κ1) is 24.5. The van der Waals surface area contributed by atoms with E-state index >= 15 is 0 Å². The van der Waals surface area contributed by atoms with Crippen LogP contribution in [-0.4, -0.2) is 61.0 Å². The number of hydrogen-bond acceptors (Lipinski definition) is 7. The number of aromatic nitrogens is 4. The van der Waals surface area contributed by atoms with Crippen LogP contribution in [0.3, 0.4) is 0 Å². The number of hydrogen-bond donors (Lipinski definition) is 0. The molecular weight excluding hydrogens is 494 g/mol. The van der Waals surface area contributed by atoms with E-state index in [4.69, 9.17) is 4.98 Å². The van der Waals surface area contributed by atoms with Crippen molar-refractivity contribution in [1.29, 1.82) is 0 Å². The van der Waals surface area contributed by atoms with Crippen LogP contribution in [0.15, 0.2) is 72.8 Å². The highest BCUT2D eigenvalue weighted by molar-refractivity contribution is 5.95. The molecule has 10 nitrogen and oxygen atoms in total. The highest BCUT2D eigenvalue weighted by Crippen LogP contribution is 2.28. The zero-order valence-corrected chi connectivity index (χ0v) is 21.7. The van der Waals surface area contributed by atoms with E-state index in [1.807, 2.05) is 53.8 Å². The van der Waals surface area contributed by atoms with E-state index < -0.39 is 4.92 Å². The van der Waals surface area contributed by atoms with Gasteiger partial charge in [0, 0.05) is 54.7 Å². The number of amides is 1. The largest absolute Gasteiger partial charge is 0.338 e. The molecule has 39 heavy (non-hydrogen) atoms. The summed E-state index contributed by atoms with van der Waals surface area (Å²) < 4.78 is 2.03. The summed E-state index contributed by atoms with van der Waals surface area (Å²) in [6, 6.07) is 22.5. The molecule has 0 saturated carbocycles. The SMILES string of the molecule is Cc1ccc(C(=O)N2CCN(c3nc4ccccc4c4nnc(Cc5ccccc5)n34)C[C@@H]2C)cc1[N+](=O)[O-]. The van der Waals surface area contributed by atoms with Crippen LogP contribution >= 0.6 is 0 Å². The van der Waals surface area contributed by atoms with Crippen LogP contribution in [0.1, 0.15) is 34.2 Å². The van der Waals surface area contributed by atoms with Gasteiger partial charge in [0.15, 0.2) is 5.65 Å². The molecule has 0 spiro atoms. The van der Waals surface area contributed by atoms with Crippen LogP contribution in [0, 0.1) is 17.0 Å². The molecule has 0 aliphatic carbocycles. The van der Waals surface area contributed by atoms with E-state index in [1.54, 1.807) is 24.0 Å². The molecule has 1 aliphatic heterocycles. The first-order chi connectivity index (χ1) is 18.9. The fourth-order valence-electron chi connectivity index (χ4n) is 5.27. The van der Waals surface area contributed by atoms with Gasteiger partial charge in [-0.2, -0.15) is 0 Å². The maximum absolute atomic E-state index is 13.4. The number of carbonyl (C=O) groups is 1. The van der Waals surface area contributed by atoms with Crippen molar-refractivity contribution < 1.29 is 9.72 Å². The van der Waals surface area contributed by atoms with Crippen LogP contribution < -0.4 is 4.90 Å². The van der Waals surface area contributed by atoms with E-state index in [-0.39, 0.29) is 17.6 Å². The zero-order chi connectivity index (χ0) is 27.1. The van der Waals surface area contributed by atoms with Crippen LogP contribution in [-0.2, 0) is 6.42 Å². The van der Waals surface area contributed by atoms with Crippen molar-refractivity contribution in [3.05, 3.63) is 105 Å². The highest BCUT2D eigenvalue weighted by Gasteiger charge is 2.31. The summed E-state index contributed by atoms with van der Waals surface area (Å²) in [4.78, 5) is 33.3. The van der Waals surface area contributed by atoms with E-state index in [1.165, 1.54) is 6.07 Å². The van der Waals surface area contributed by atoms with Gasteiger partial charge in [-0.1, -0.05) is 48.5 Å². The maximum atomic E-state index is 13.4. The molecule has 3 heterocycles. The molecule has 1 atom stereocenters. The van der Waals surface area contributed by atoms with Crippen molar-refractivity contribution in [2.45, 2.75) is 26.3 Å². The van der Waals surface area contributed by atoms with Gasteiger partial charge in [0.1, 0.15) is 5.82 Å². The Kier molecular flexibility index (Phi) is 6.14. The van der Waals surface area contributed by atoms with Crippen LogP contribution in [0.5, 0.6) is 0 Å². The van der Waals surface area contributed by atoms with E-state index in [9.17, 15) is 14.9 Å². The number of benzene rings is 3. The second-order valence-electron chi connectivity index (χ2n) is 9.92. The Morgan fingerprint density at radius 3 is 2.56 bits per heavy atom. The van der Waals surface area contributed by atoms with Gasteiger partial charge in [0.25, 0.3) is 11.6 Å². The minimum atomic E-state index is -0.448. The molecule has 2 aromatic heterocycles. The first-order valence-corrected chi connectivity index (χ1v) is 12.9. The summed E-state index contributed by atoms with van der Waals surface area (Å²) in [5, 5.41) is 21.5. The number of nitrogens with zero attached hydrogens (tertiary/aromatic N) is 7. The Morgan fingerprint density at radius 2 is 1.79 bits per heavy atom. The number of fused-ring (bicyclic) bond motifs is 3. The lowest BCUT2D eigenvalue weighted by Gasteiger charge is -2.40. The lowest BCUT2D eigenvalue weighted by Crippen LogP contribution is -2.54. The molecule has 196 valence electrons. The molecule has 0 N–H and O–H groups in total. The van der Waals surface area contributed by atoms with Crippen LogP contribution in [0.25, 0.3) is 16.6 Å². The Hall–Kier alpha value is -4.86. The summed E-state index contributed by atoms with van der Waals surface area (Å²) in [7, 11) is 0. The van der Waals surface area contributed by atoms with Crippen LogP contribution in [0.4, 0.5) is 11.6 Å². The number of anilines is 1. The van der Waals surface area contributed by atoms with Gasteiger partial charge in [-0.3, -0.25) is 14.9 Å². The van der Waals surface area contributed by atoms with Gasteiger partial charge in [0.05, 0.1) is 10.4 Å². The summed E-state index contributed by atoms with van der Waals surface area (Å²) in [6.07, 6.45) is 0.606. The zero-order valence-electron chi connectivity index (χ0n) is 21.7. The van der Waals surface area contributed by atoms with E-state index in [0.717, 1.165) is 33.9 Å². The molecule has 0 radical (unpaired) electrons. The van der Waals surface area contributed by atoms with Crippen molar-refractivity contribution in [2.24, 2.45) is 0 Å². The molecule has 0 bridgehead atoms. The van der Waals surface area contributed by atoms with Crippen molar-refractivity contribution in [1.82, 2.24) is 24.5 Å². The number of nitro benzene ring substituents is 1. The number of piperazine rings is 1. The lowest BCUT2D eigenvalue weighted by molar-refractivity contribution is -0.385. The number of rotatable bonds is 5. The van der Waals surface area contributed by atoms with Crippen molar-refractivity contribution in [3.8, 4) is 0 Å². The third-order valence-corrected chi connectivity index (χ3v) is 7.32. The predicted octanol–water partition coefficient (Wildman–Crippen LogP) is 4.44. The summed E-state index contributed by atoms with van der Waals surface area (Å²) in [6.45, 7) is 5.20. The van der Waals surface area contributed by atoms with Gasteiger partial charge < -0.3 is 9.80 Å². The Morgan fingerprint density at radius 1 is 1.03 bits per heavy atom. The Bertz CT molecular complexity index is 1720. The van der Waals surface area contributed by atoms with Gasteiger partial charge in [-0.15, -0.1) is 10.2 Å².